The number of aromatic nitrogens is 1. The lowest BCUT2D eigenvalue weighted by Crippen LogP contribution is -1.73. The summed E-state index contributed by atoms with van der Waals surface area (Å²) in [6.45, 7) is 0. The Hall–Kier alpha value is 0.0600. The van der Waals surface area contributed by atoms with Gasteiger partial charge in [0, 0.05) is 10.0 Å². The van der Waals surface area contributed by atoms with Gasteiger partial charge in [-0.3, -0.25) is 0 Å². The summed E-state index contributed by atoms with van der Waals surface area (Å²) in [6, 6.07) is 8.20. The first-order valence-corrected chi connectivity index (χ1v) is 6.32. The molecule has 0 spiro atoms. The van der Waals surface area contributed by atoms with E-state index in [1.807, 2.05) is 18.3 Å². The van der Waals surface area contributed by atoms with E-state index in [1.54, 1.807) is 11.3 Å². The van der Waals surface area contributed by atoms with Crippen molar-refractivity contribution in [1.29, 1.82) is 0 Å². The van der Waals surface area contributed by atoms with Gasteiger partial charge in [0.2, 0.25) is 0 Å². The highest BCUT2D eigenvalue weighted by Gasteiger charge is 2.01. The van der Waals surface area contributed by atoms with Crippen LogP contribution in [0.15, 0.2) is 34.9 Å². The van der Waals surface area contributed by atoms with Gasteiger partial charge < -0.3 is 0 Å². The monoisotopic (exact) mass is 365 g/mol. The third-order valence-corrected chi connectivity index (χ3v) is 3.87. The van der Waals surface area contributed by atoms with Gasteiger partial charge in [-0.05, 0) is 34.7 Å². The zero-order chi connectivity index (χ0) is 9.26. The second kappa shape index (κ2) is 4.06. The normalized spacial score (nSPS) is 10.3. The Labute approximate surface area is 102 Å². The minimum Gasteiger partial charge on any atom is -0.243 e. The number of hydrogen-bond acceptors (Lipinski definition) is 2. The number of nitrogens with zero attached hydrogens (tertiary/aromatic N) is 1. The first-order valence-electron chi connectivity index (χ1n) is 3.63. The van der Waals surface area contributed by atoms with Gasteiger partial charge in [0.1, 0.15) is 5.01 Å². The molecule has 1 nitrogen and oxygen atoms in total. The quantitative estimate of drug-likeness (QED) is 0.691. The van der Waals surface area contributed by atoms with Crippen LogP contribution in [0.2, 0.25) is 0 Å². The van der Waals surface area contributed by atoms with Crippen LogP contribution >= 0.6 is 49.9 Å². The van der Waals surface area contributed by atoms with E-state index in [2.05, 4.69) is 55.6 Å². The van der Waals surface area contributed by atoms with Crippen molar-refractivity contribution in [3.05, 3.63) is 37.8 Å². The van der Waals surface area contributed by atoms with Gasteiger partial charge in [0.25, 0.3) is 0 Å². The van der Waals surface area contributed by atoms with E-state index in [0.717, 1.165) is 9.48 Å². The minimum absolute atomic E-state index is 1.08. The van der Waals surface area contributed by atoms with Crippen LogP contribution in [0.1, 0.15) is 0 Å². The van der Waals surface area contributed by atoms with E-state index < -0.39 is 0 Å². The van der Waals surface area contributed by atoms with Crippen molar-refractivity contribution in [2.45, 2.75) is 0 Å². The van der Waals surface area contributed by atoms with Crippen molar-refractivity contribution in [2.24, 2.45) is 0 Å². The van der Waals surface area contributed by atoms with Crippen molar-refractivity contribution in [3.8, 4) is 10.6 Å². The van der Waals surface area contributed by atoms with Crippen LogP contribution in [0.3, 0.4) is 0 Å². The van der Waals surface area contributed by atoms with Gasteiger partial charge >= 0.3 is 0 Å². The highest BCUT2D eigenvalue weighted by atomic mass is 127. The predicted molar refractivity (Wildman–Crippen MR) is 68.0 cm³/mol. The first kappa shape index (κ1) is 9.61. The molecule has 13 heavy (non-hydrogen) atoms. The van der Waals surface area contributed by atoms with E-state index in [1.165, 1.54) is 8.45 Å². The van der Waals surface area contributed by atoms with Crippen molar-refractivity contribution in [3.63, 3.8) is 0 Å². The second-order valence-electron chi connectivity index (χ2n) is 2.48. The summed E-state index contributed by atoms with van der Waals surface area (Å²) in [5.74, 6) is 0. The number of halogens is 2. The van der Waals surface area contributed by atoms with Crippen LogP contribution in [-0.2, 0) is 0 Å². The number of benzene rings is 1. The Morgan fingerprint density at radius 3 is 2.46 bits per heavy atom. The van der Waals surface area contributed by atoms with Crippen molar-refractivity contribution >= 4 is 49.9 Å². The lowest BCUT2D eigenvalue weighted by molar-refractivity contribution is 1.40. The molecule has 0 bridgehead atoms. The molecule has 0 saturated heterocycles. The highest BCUT2D eigenvalue weighted by molar-refractivity contribution is 14.1. The third kappa shape index (κ3) is 2.30. The summed E-state index contributed by atoms with van der Waals surface area (Å²) in [5.41, 5.74) is 1.18. The molecule has 0 unspecified atom stereocenters. The molecule has 0 aliphatic heterocycles. The molecule has 2 aromatic rings. The highest BCUT2D eigenvalue weighted by Crippen LogP contribution is 2.26. The summed E-state index contributed by atoms with van der Waals surface area (Å²) >= 11 is 7.39. The number of hydrogen-bond donors (Lipinski definition) is 0. The maximum absolute atomic E-state index is 4.31. The fourth-order valence-electron chi connectivity index (χ4n) is 0.980. The van der Waals surface area contributed by atoms with Crippen molar-refractivity contribution in [1.82, 2.24) is 4.98 Å². The van der Waals surface area contributed by atoms with E-state index in [9.17, 15) is 0 Å². The summed E-state index contributed by atoms with van der Waals surface area (Å²) in [4.78, 5) is 4.31. The van der Waals surface area contributed by atoms with Crippen LogP contribution in [0.25, 0.3) is 10.6 Å². The average molecular weight is 366 g/mol. The molecule has 1 aromatic heterocycles. The zero-order valence-corrected chi connectivity index (χ0v) is 11.1. The van der Waals surface area contributed by atoms with Gasteiger partial charge in [0.15, 0.2) is 0 Å². The van der Waals surface area contributed by atoms with E-state index in [4.69, 9.17) is 0 Å². The van der Waals surface area contributed by atoms with Gasteiger partial charge in [0.05, 0.1) is 9.08 Å². The maximum atomic E-state index is 4.31. The SMILES string of the molecule is Brc1ccc(-c2ncc(I)s2)cc1. The minimum atomic E-state index is 1.08. The maximum Gasteiger partial charge on any atom is 0.124 e. The molecular weight excluding hydrogens is 361 g/mol. The molecule has 0 N–H and O–H groups in total. The fraction of sp³-hybridized carbons (Fsp3) is 0. The zero-order valence-electron chi connectivity index (χ0n) is 6.50. The Morgan fingerprint density at radius 1 is 1.23 bits per heavy atom. The van der Waals surface area contributed by atoms with Crippen molar-refractivity contribution < 1.29 is 0 Å². The lowest BCUT2D eigenvalue weighted by Gasteiger charge is -1.94. The number of thiazole rings is 1. The molecule has 4 heteroatoms. The lowest BCUT2D eigenvalue weighted by atomic mass is 10.2. The smallest absolute Gasteiger partial charge is 0.124 e. The topological polar surface area (TPSA) is 12.9 Å². The average Bonchev–Trinajstić information content (AvgIpc) is 2.53. The summed E-state index contributed by atoms with van der Waals surface area (Å²) in [6.07, 6.45) is 1.89. The summed E-state index contributed by atoms with van der Waals surface area (Å²) < 4.78 is 2.32. The van der Waals surface area contributed by atoms with Crippen LogP contribution in [0.5, 0.6) is 0 Å². The molecule has 0 aliphatic rings. The van der Waals surface area contributed by atoms with Gasteiger partial charge in [-0.15, -0.1) is 11.3 Å². The van der Waals surface area contributed by atoms with E-state index in [0.29, 0.717) is 0 Å². The fourth-order valence-corrected chi connectivity index (χ4v) is 2.66. The predicted octanol–water partition coefficient (Wildman–Crippen LogP) is 4.18. The summed E-state index contributed by atoms with van der Waals surface area (Å²) in [5, 5.41) is 1.08. The van der Waals surface area contributed by atoms with Crippen LogP contribution < -0.4 is 0 Å². The molecular formula is C9H5BrINS. The molecule has 0 fully saturated rings. The second-order valence-corrected chi connectivity index (χ2v) is 6.32. The Bertz CT molecular complexity index is 410. The molecule has 0 atom stereocenters. The van der Waals surface area contributed by atoms with Crippen LogP contribution in [0, 0.1) is 2.88 Å². The first-order chi connectivity index (χ1) is 6.25. The molecule has 0 radical (unpaired) electrons. The molecule has 0 saturated carbocycles. The molecule has 1 heterocycles. The molecule has 66 valence electrons. The van der Waals surface area contributed by atoms with E-state index >= 15 is 0 Å². The molecule has 0 amide bonds. The molecule has 0 aliphatic carbocycles. The standard InChI is InChI=1S/C9H5BrINS/c10-7-3-1-6(2-4-7)9-12-5-8(11)13-9/h1-5H. The van der Waals surface area contributed by atoms with Gasteiger partial charge in [-0.2, -0.15) is 0 Å². The Morgan fingerprint density at radius 2 is 1.92 bits per heavy atom. The van der Waals surface area contributed by atoms with Crippen LogP contribution in [-0.4, -0.2) is 4.98 Å². The largest absolute Gasteiger partial charge is 0.243 e. The van der Waals surface area contributed by atoms with E-state index in [-0.39, 0.29) is 0 Å². The Kier molecular flexibility index (Phi) is 3.00. The third-order valence-electron chi connectivity index (χ3n) is 1.57. The summed E-state index contributed by atoms with van der Waals surface area (Å²) in [7, 11) is 0. The Balaban J connectivity index is 2.41. The molecule has 1 aromatic carbocycles. The van der Waals surface area contributed by atoms with Crippen LogP contribution in [0.4, 0.5) is 0 Å². The molecule has 2 rings (SSSR count). The number of rotatable bonds is 1. The van der Waals surface area contributed by atoms with Gasteiger partial charge in [-0.1, -0.05) is 28.1 Å². The van der Waals surface area contributed by atoms with Crippen molar-refractivity contribution in [2.75, 3.05) is 0 Å². The van der Waals surface area contributed by atoms with Gasteiger partial charge in [-0.25, -0.2) is 4.98 Å².